The molecule has 5 aliphatic rings. The first-order chi connectivity index (χ1) is 26.2. The molecule has 0 aromatic heterocycles. The van der Waals surface area contributed by atoms with Gasteiger partial charge in [0, 0.05) is 31.1 Å². The fraction of sp³-hybridized carbons (Fsp3) is 0.571. The molecule has 1 aromatic rings. The zero-order valence-electron chi connectivity index (χ0n) is 33.0. The van der Waals surface area contributed by atoms with E-state index in [2.05, 4.69) is 5.32 Å². The maximum absolute atomic E-state index is 15.3. The van der Waals surface area contributed by atoms with Crippen molar-refractivity contribution in [2.45, 2.75) is 122 Å². The first-order valence-corrected chi connectivity index (χ1v) is 18.9. The molecule has 0 unspecified atom stereocenters. The first-order valence-electron chi connectivity index (χ1n) is 18.9. The molecule has 4 fully saturated rings. The highest BCUT2D eigenvalue weighted by atomic mass is 16.6. The van der Waals surface area contributed by atoms with Gasteiger partial charge in [-0.15, -0.1) is 0 Å². The van der Waals surface area contributed by atoms with Gasteiger partial charge in [0.2, 0.25) is 5.91 Å². The zero-order chi connectivity index (χ0) is 41.1. The van der Waals surface area contributed by atoms with Crippen molar-refractivity contribution >= 4 is 35.6 Å². The lowest BCUT2D eigenvalue weighted by Crippen LogP contribution is -2.78. The highest BCUT2D eigenvalue weighted by Gasteiger charge is 2.84. The Hall–Kier alpha value is -4.66. The van der Waals surface area contributed by atoms with E-state index in [-0.39, 0.29) is 35.7 Å². The van der Waals surface area contributed by atoms with Crippen molar-refractivity contribution in [3.05, 3.63) is 70.8 Å². The van der Waals surface area contributed by atoms with Crippen LogP contribution in [0.1, 0.15) is 85.0 Å². The summed E-state index contributed by atoms with van der Waals surface area (Å²) < 4.78 is 30.4. The van der Waals surface area contributed by atoms with Crippen molar-refractivity contribution in [1.29, 1.82) is 0 Å². The third-order valence-corrected chi connectivity index (χ3v) is 12.5. The minimum atomic E-state index is -2.21. The second kappa shape index (κ2) is 14.7. The summed E-state index contributed by atoms with van der Waals surface area (Å²) in [5.41, 5.74) is -5.39. The molecule has 3 N–H and O–H groups in total. The van der Waals surface area contributed by atoms with Crippen LogP contribution in [0, 0.1) is 22.7 Å². The number of aliphatic hydroxyl groups is 2. The third-order valence-electron chi connectivity index (χ3n) is 12.5. The van der Waals surface area contributed by atoms with E-state index in [1.165, 1.54) is 37.3 Å². The Morgan fingerprint density at radius 3 is 2.23 bits per heavy atom. The van der Waals surface area contributed by atoms with Crippen LogP contribution < -0.4 is 5.32 Å². The van der Waals surface area contributed by atoms with E-state index < -0.39 is 107 Å². The number of nitrogens with one attached hydrogen (secondary N) is 1. The predicted octanol–water partition coefficient (Wildman–Crippen LogP) is 3.23. The Morgan fingerprint density at radius 1 is 0.982 bits per heavy atom. The van der Waals surface area contributed by atoms with Gasteiger partial charge in [-0.05, 0) is 75.8 Å². The van der Waals surface area contributed by atoms with Crippen LogP contribution in [0.4, 0.5) is 0 Å². The molecular weight excluding hydrogens is 726 g/mol. The fourth-order valence-electron chi connectivity index (χ4n) is 9.92. The molecule has 1 amide bonds. The second-order valence-electron chi connectivity index (χ2n) is 16.5. The van der Waals surface area contributed by atoms with Crippen molar-refractivity contribution in [3.63, 3.8) is 0 Å². The van der Waals surface area contributed by atoms with E-state index in [0.717, 1.165) is 6.92 Å². The Kier molecular flexibility index (Phi) is 10.8. The van der Waals surface area contributed by atoms with Crippen LogP contribution in [0.25, 0.3) is 0 Å². The number of Topliss-reactive ketones (excluding diaryl/α,β-unsaturated/α-hetero) is 1. The number of aliphatic hydroxyl groups excluding tert-OH is 1. The number of rotatable bonds is 10. The number of carbonyl (C=O) groups excluding carboxylic acids is 6. The Bertz CT molecular complexity index is 1910. The van der Waals surface area contributed by atoms with Crippen LogP contribution >= 0.6 is 0 Å². The average molecular weight is 778 g/mol. The molecule has 4 aliphatic carbocycles. The lowest BCUT2D eigenvalue weighted by atomic mass is 9.48. The van der Waals surface area contributed by atoms with Crippen molar-refractivity contribution < 1.29 is 62.7 Å². The first kappa shape index (κ1) is 41.0. The van der Waals surface area contributed by atoms with Crippen LogP contribution in [0.3, 0.4) is 0 Å². The van der Waals surface area contributed by atoms with Gasteiger partial charge in [0.05, 0.1) is 24.1 Å². The van der Waals surface area contributed by atoms with Crippen LogP contribution in [-0.2, 0) is 47.7 Å². The normalized spacial score (nSPS) is 34.7. The average Bonchev–Trinajstić information content (AvgIpc) is 3.84. The fourth-order valence-corrected chi connectivity index (χ4v) is 9.92. The van der Waals surface area contributed by atoms with E-state index in [1.807, 2.05) is 0 Å². The van der Waals surface area contributed by atoms with Crippen molar-refractivity contribution in [2.24, 2.45) is 22.7 Å². The minimum Gasteiger partial charge on any atom is -0.456 e. The van der Waals surface area contributed by atoms with Gasteiger partial charge in [0.25, 0.3) is 0 Å². The number of allylic oxidation sites excluding steroid dienone is 2. The van der Waals surface area contributed by atoms with Gasteiger partial charge >= 0.3 is 23.9 Å². The highest BCUT2D eigenvalue weighted by Crippen LogP contribution is 2.74. The Balaban J connectivity index is 1.54. The second-order valence-corrected chi connectivity index (χ2v) is 16.5. The standard InChI is InChI=1S/C42H51NO13/c1-9-13-30(46)43-27(16-21(2)3)32(47)38(50)54-28-19-42(51)36(55-37(49)25-14-11-10-12-15-25)34-40(18-26(40)17-29-41(34,20-52-29)56-24(6)45)35(48)33(53-23(5)44)31(22(28)4)39(42,7)8/h9-16,26-29,32-34,36,47,51H,17-20H2,1-8H3,(H,43,46)/b13-9+/t26-,27+,28+,29-,32-,33-,34+,36+,40-,41+,42-/m1/s1. The molecule has 0 radical (unpaired) electrons. The molecule has 1 spiro atoms. The predicted molar refractivity (Wildman–Crippen MR) is 197 cm³/mol. The number of ketones is 1. The summed E-state index contributed by atoms with van der Waals surface area (Å²) in [5, 5.41) is 27.5. The van der Waals surface area contributed by atoms with Crippen molar-refractivity contribution in [3.8, 4) is 0 Å². The SMILES string of the molecule is C/C=C/C(=O)N[C@@H](C=C(C)C)[C@@H](O)C(=O)O[C@H]1C[C@@]2(O)[C@@H](OC(=O)c3ccccc3)[C@@H]3[C@]4(OC(C)=O)CO[C@@H]4C[C@@H]4C[C@@]43C(=O)[C@H](OC(C)=O)C(=C1C)C2(C)C. The molecule has 6 rings (SSSR count). The van der Waals surface area contributed by atoms with Gasteiger partial charge in [-0.1, -0.05) is 49.8 Å². The monoisotopic (exact) mass is 777 g/mol. The van der Waals surface area contributed by atoms with E-state index in [9.17, 15) is 34.2 Å². The van der Waals surface area contributed by atoms with Gasteiger partial charge < -0.3 is 39.2 Å². The summed E-state index contributed by atoms with van der Waals surface area (Å²) in [6.45, 7) is 12.2. The summed E-state index contributed by atoms with van der Waals surface area (Å²) in [5.74, 6) is -6.08. The van der Waals surface area contributed by atoms with E-state index in [0.29, 0.717) is 12.0 Å². The number of hydrogen-bond donors (Lipinski definition) is 3. The number of esters is 4. The molecule has 1 heterocycles. The molecule has 14 nitrogen and oxygen atoms in total. The van der Waals surface area contributed by atoms with Crippen LogP contribution in [0.15, 0.2) is 65.3 Å². The Morgan fingerprint density at radius 2 is 1.66 bits per heavy atom. The van der Waals surface area contributed by atoms with Gasteiger partial charge in [-0.3, -0.25) is 19.2 Å². The number of fused-ring (bicyclic) bond motifs is 4. The minimum absolute atomic E-state index is 0.147. The number of ether oxygens (including phenoxy) is 5. The molecule has 3 saturated carbocycles. The summed E-state index contributed by atoms with van der Waals surface area (Å²) in [6.07, 6.45) is -2.77. The maximum Gasteiger partial charge on any atom is 0.338 e. The van der Waals surface area contributed by atoms with E-state index in [1.54, 1.807) is 59.7 Å². The van der Waals surface area contributed by atoms with E-state index in [4.69, 9.17) is 23.7 Å². The summed E-state index contributed by atoms with van der Waals surface area (Å²) in [6, 6.07) is 6.87. The molecule has 1 saturated heterocycles. The highest BCUT2D eigenvalue weighted by molar-refractivity contribution is 5.98. The smallest absolute Gasteiger partial charge is 0.338 e. The summed E-state index contributed by atoms with van der Waals surface area (Å²) in [7, 11) is 0. The van der Waals surface area contributed by atoms with Gasteiger partial charge in [0.1, 0.15) is 23.9 Å². The lowest BCUT2D eigenvalue weighted by Gasteiger charge is -2.64. The molecule has 14 heteroatoms. The quantitative estimate of drug-likeness (QED) is 0.136. The maximum atomic E-state index is 15.3. The largest absolute Gasteiger partial charge is 0.456 e. The molecule has 56 heavy (non-hydrogen) atoms. The van der Waals surface area contributed by atoms with Crippen molar-refractivity contribution in [2.75, 3.05) is 6.61 Å². The number of hydrogen-bond acceptors (Lipinski definition) is 13. The molecular formula is C42H51NO13. The number of carbonyl (C=O) groups is 6. The third kappa shape index (κ3) is 6.58. The van der Waals surface area contributed by atoms with Gasteiger partial charge in [0.15, 0.2) is 23.6 Å². The summed E-state index contributed by atoms with van der Waals surface area (Å²) in [4.78, 5) is 81.7. The summed E-state index contributed by atoms with van der Waals surface area (Å²) >= 11 is 0. The molecule has 11 atom stereocenters. The number of amides is 1. The molecule has 302 valence electrons. The van der Waals surface area contributed by atoms with Crippen LogP contribution in [0.5, 0.6) is 0 Å². The van der Waals surface area contributed by atoms with Gasteiger partial charge in [-0.2, -0.15) is 0 Å². The molecule has 2 bridgehead atoms. The van der Waals surface area contributed by atoms with Crippen molar-refractivity contribution in [1.82, 2.24) is 5.32 Å². The van der Waals surface area contributed by atoms with E-state index >= 15 is 4.79 Å². The lowest BCUT2D eigenvalue weighted by molar-refractivity contribution is -0.323. The topological polar surface area (TPSA) is 201 Å². The van der Waals surface area contributed by atoms with Crippen LogP contribution in [-0.4, -0.2) is 100 Å². The van der Waals surface area contributed by atoms with Crippen LogP contribution in [0.2, 0.25) is 0 Å². The Labute approximate surface area is 325 Å². The number of benzene rings is 1. The van der Waals surface area contributed by atoms with Gasteiger partial charge in [-0.25, -0.2) is 9.59 Å². The zero-order valence-corrected chi connectivity index (χ0v) is 33.0. The molecule has 1 aliphatic heterocycles. The molecule has 1 aromatic carbocycles.